The van der Waals surface area contributed by atoms with Crippen LogP contribution in [0.15, 0.2) is 36.8 Å². The quantitative estimate of drug-likeness (QED) is 0.244. The van der Waals surface area contributed by atoms with Gasteiger partial charge in [-0.25, -0.2) is 14.6 Å². The van der Waals surface area contributed by atoms with E-state index in [2.05, 4.69) is 41.0 Å². The summed E-state index contributed by atoms with van der Waals surface area (Å²) in [5, 5.41) is 32.9. The molecule has 3 N–H and O–H groups in total. The Bertz CT molecular complexity index is 1510. The molecule has 4 aromatic heterocycles. The summed E-state index contributed by atoms with van der Waals surface area (Å²) >= 11 is 0. The van der Waals surface area contributed by atoms with Crippen LogP contribution in [0.3, 0.4) is 0 Å². The highest BCUT2D eigenvalue weighted by Crippen LogP contribution is 2.33. The zero-order valence-corrected chi connectivity index (χ0v) is 22.1. The molecule has 0 aromatic carbocycles. The van der Waals surface area contributed by atoms with E-state index in [0.717, 1.165) is 10.9 Å². The van der Waals surface area contributed by atoms with E-state index in [1.165, 1.54) is 18.5 Å². The van der Waals surface area contributed by atoms with Gasteiger partial charge in [-0.05, 0) is 51.7 Å². The second kappa shape index (κ2) is 11.0. The lowest BCUT2D eigenvalue weighted by Crippen LogP contribution is -2.35. The topological polar surface area (TPSA) is 131 Å². The van der Waals surface area contributed by atoms with Gasteiger partial charge in [-0.1, -0.05) is 0 Å². The summed E-state index contributed by atoms with van der Waals surface area (Å²) in [4.78, 5) is 8.57. The summed E-state index contributed by atoms with van der Waals surface area (Å²) in [6.45, 7) is -0.697. The summed E-state index contributed by atoms with van der Waals surface area (Å²) in [7, 11) is 0. The van der Waals surface area contributed by atoms with Gasteiger partial charge in [0.2, 0.25) is 0 Å². The van der Waals surface area contributed by atoms with Crippen molar-refractivity contribution in [1.82, 2.24) is 39.7 Å². The van der Waals surface area contributed by atoms with Crippen molar-refractivity contribution in [3.8, 4) is 22.8 Å². The number of anilines is 3. The van der Waals surface area contributed by atoms with Crippen molar-refractivity contribution in [3.05, 3.63) is 42.5 Å². The molecule has 218 valence electrons. The Labute approximate surface area is 230 Å². The second-order valence-electron chi connectivity index (χ2n) is 10.2. The fraction of sp³-hybridized carbons (Fsp3) is 0.440. The van der Waals surface area contributed by atoms with Crippen LogP contribution in [0.2, 0.25) is 0 Å². The maximum Gasteiger partial charge on any atom is 0.408 e. The molecule has 41 heavy (non-hydrogen) atoms. The number of aryl methyl sites for hydroxylation is 1. The average molecular weight is 579 g/mol. The van der Waals surface area contributed by atoms with E-state index in [4.69, 9.17) is 0 Å². The lowest BCUT2D eigenvalue weighted by atomic mass is 9.83. The number of hydrogen-bond donors (Lipinski definition) is 3. The molecular formula is C25H27F5N10O. The zero-order chi connectivity index (χ0) is 29.4. The Hall–Kier alpha value is -4.21. The zero-order valence-electron chi connectivity index (χ0n) is 22.1. The summed E-state index contributed by atoms with van der Waals surface area (Å²) in [6.07, 6.45) is 1.94. The maximum absolute atomic E-state index is 13.2. The summed E-state index contributed by atoms with van der Waals surface area (Å²) in [5.74, 6) is 0.721. The summed E-state index contributed by atoms with van der Waals surface area (Å²) in [5.41, 5.74) is 0.883. The number of nitrogens with zero attached hydrogens (tertiary/aromatic N) is 8. The molecule has 0 unspecified atom stereocenters. The van der Waals surface area contributed by atoms with Crippen LogP contribution >= 0.6 is 0 Å². The molecule has 0 saturated heterocycles. The van der Waals surface area contributed by atoms with E-state index < -0.39 is 24.9 Å². The van der Waals surface area contributed by atoms with Crippen LogP contribution in [0.1, 0.15) is 44.9 Å². The van der Waals surface area contributed by atoms with Crippen LogP contribution in [0.4, 0.5) is 39.3 Å². The standard InChI is InChI=1S/C25H27F5N10O/c1-14-16(12-39(37-14)13-25(28,29)30)22-31-9-5-19(34-22)33-20-11-18(32-15-3-7-24(2,41)8-4-15)21(36-35-20)17-6-10-40(38-17)23(26)27/h5-6,9-12,15,23,41H,3-4,7-8,13H2,1-2H3,(H2,31,32,33,34,35). The Kier molecular flexibility index (Phi) is 7.59. The Morgan fingerprint density at radius 2 is 1.88 bits per heavy atom. The number of halogens is 5. The number of nitrogens with one attached hydrogen (secondary N) is 2. The molecule has 0 aliphatic heterocycles. The first-order valence-corrected chi connectivity index (χ1v) is 12.8. The van der Waals surface area contributed by atoms with E-state index in [0.29, 0.717) is 53.1 Å². The molecule has 0 spiro atoms. The maximum atomic E-state index is 13.2. The summed E-state index contributed by atoms with van der Waals surface area (Å²) in [6, 6.07) is 4.60. The van der Waals surface area contributed by atoms with Crippen molar-refractivity contribution < 1.29 is 27.1 Å². The predicted molar refractivity (Wildman–Crippen MR) is 138 cm³/mol. The number of hydrogen-bond acceptors (Lipinski definition) is 9. The first kappa shape index (κ1) is 28.3. The van der Waals surface area contributed by atoms with Crippen molar-refractivity contribution in [1.29, 1.82) is 0 Å². The first-order chi connectivity index (χ1) is 19.3. The minimum Gasteiger partial charge on any atom is -0.390 e. The molecule has 0 amide bonds. The van der Waals surface area contributed by atoms with Gasteiger partial charge in [0.1, 0.15) is 23.8 Å². The fourth-order valence-corrected chi connectivity index (χ4v) is 4.62. The number of aromatic nitrogens is 8. The lowest BCUT2D eigenvalue weighted by Gasteiger charge is -2.34. The monoisotopic (exact) mass is 578 g/mol. The molecule has 1 saturated carbocycles. The Morgan fingerprint density at radius 3 is 2.56 bits per heavy atom. The van der Waals surface area contributed by atoms with Crippen LogP contribution in [0.5, 0.6) is 0 Å². The largest absolute Gasteiger partial charge is 0.408 e. The van der Waals surface area contributed by atoms with Crippen LogP contribution < -0.4 is 10.6 Å². The van der Waals surface area contributed by atoms with E-state index in [1.807, 2.05) is 0 Å². The van der Waals surface area contributed by atoms with Gasteiger partial charge in [-0.2, -0.15) is 32.1 Å². The second-order valence-corrected chi connectivity index (χ2v) is 10.2. The van der Waals surface area contributed by atoms with Crippen molar-refractivity contribution in [2.45, 2.75) is 70.4 Å². The normalized spacial score (nSPS) is 19.5. The molecule has 0 bridgehead atoms. The molecule has 5 rings (SSSR count). The highest BCUT2D eigenvalue weighted by atomic mass is 19.4. The molecule has 0 atom stereocenters. The van der Waals surface area contributed by atoms with E-state index >= 15 is 0 Å². The molecule has 16 heteroatoms. The third-order valence-electron chi connectivity index (χ3n) is 6.71. The minimum atomic E-state index is -4.43. The molecule has 1 fully saturated rings. The Morgan fingerprint density at radius 1 is 1.12 bits per heavy atom. The van der Waals surface area contributed by atoms with Gasteiger partial charge in [-0.3, -0.25) is 4.68 Å². The molecule has 1 aliphatic rings. The third-order valence-corrected chi connectivity index (χ3v) is 6.71. The molecule has 1 aliphatic carbocycles. The number of aliphatic hydroxyl groups is 1. The smallest absolute Gasteiger partial charge is 0.390 e. The average Bonchev–Trinajstić information content (AvgIpc) is 3.52. The summed E-state index contributed by atoms with van der Waals surface area (Å²) < 4.78 is 66.0. The van der Waals surface area contributed by atoms with Gasteiger partial charge in [0.25, 0.3) is 0 Å². The van der Waals surface area contributed by atoms with Gasteiger partial charge < -0.3 is 15.7 Å². The molecule has 4 heterocycles. The SMILES string of the molecule is Cc1nn(CC(F)(F)F)cc1-c1nccc(Nc2cc(NC3CCC(C)(O)CC3)c(-c3ccn(C(F)F)n3)nn2)n1. The van der Waals surface area contributed by atoms with Crippen molar-refractivity contribution in [3.63, 3.8) is 0 Å². The number of alkyl halides is 5. The molecule has 4 aromatic rings. The van der Waals surface area contributed by atoms with Crippen LogP contribution in [0.25, 0.3) is 22.8 Å². The van der Waals surface area contributed by atoms with Gasteiger partial charge >= 0.3 is 12.7 Å². The molecular weight excluding hydrogens is 551 g/mol. The van der Waals surface area contributed by atoms with Crippen molar-refractivity contribution in [2.75, 3.05) is 10.6 Å². The van der Waals surface area contributed by atoms with E-state index in [1.54, 1.807) is 26.0 Å². The van der Waals surface area contributed by atoms with E-state index in [-0.39, 0.29) is 29.1 Å². The van der Waals surface area contributed by atoms with Crippen molar-refractivity contribution >= 4 is 17.3 Å². The Balaban J connectivity index is 1.41. The number of rotatable bonds is 8. The molecule has 11 nitrogen and oxygen atoms in total. The minimum absolute atomic E-state index is 0.00919. The molecule has 0 radical (unpaired) electrons. The third kappa shape index (κ3) is 6.93. The van der Waals surface area contributed by atoms with Crippen molar-refractivity contribution in [2.24, 2.45) is 0 Å². The van der Waals surface area contributed by atoms with Gasteiger partial charge in [0.05, 0.1) is 22.5 Å². The first-order valence-electron chi connectivity index (χ1n) is 12.8. The highest BCUT2D eigenvalue weighted by Gasteiger charge is 2.30. The van der Waals surface area contributed by atoms with Crippen LogP contribution in [-0.2, 0) is 6.54 Å². The van der Waals surface area contributed by atoms with Gasteiger partial charge in [0, 0.05) is 30.7 Å². The van der Waals surface area contributed by atoms with Crippen LogP contribution in [0, 0.1) is 6.92 Å². The lowest BCUT2D eigenvalue weighted by molar-refractivity contribution is -0.142. The van der Waals surface area contributed by atoms with Gasteiger partial charge in [0.15, 0.2) is 11.6 Å². The van der Waals surface area contributed by atoms with E-state index in [9.17, 15) is 27.1 Å². The van der Waals surface area contributed by atoms with Gasteiger partial charge in [-0.15, -0.1) is 10.2 Å². The predicted octanol–water partition coefficient (Wildman–Crippen LogP) is 5.11. The highest BCUT2D eigenvalue weighted by molar-refractivity contribution is 5.74. The van der Waals surface area contributed by atoms with Crippen LogP contribution in [-0.4, -0.2) is 62.7 Å². The fourth-order valence-electron chi connectivity index (χ4n) is 4.62.